The lowest BCUT2D eigenvalue weighted by molar-refractivity contribution is 0.0920. The van der Waals surface area contributed by atoms with Gasteiger partial charge in [-0.25, -0.2) is 0 Å². The Morgan fingerprint density at radius 2 is 2.24 bits per heavy atom. The summed E-state index contributed by atoms with van der Waals surface area (Å²) in [5.74, 6) is -0.0575. The molecule has 3 N–H and O–H groups in total. The summed E-state index contributed by atoms with van der Waals surface area (Å²) < 4.78 is 0. The number of carbonyl (C=O) groups is 1. The molecule has 0 unspecified atom stereocenters. The molecule has 2 rings (SSSR count). The predicted molar refractivity (Wildman–Crippen MR) is 66.7 cm³/mol. The van der Waals surface area contributed by atoms with E-state index < -0.39 is 0 Å². The van der Waals surface area contributed by atoms with Crippen LogP contribution < -0.4 is 11.1 Å². The lowest BCUT2D eigenvalue weighted by Gasteiger charge is -2.29. The molecule has 17 heavy (non-hydrogen) atoms. The number of amides is 1. The van der Waals surface area contributed by atoms with E-state index in [1.165, 1.54) is 6.42 Å². The van der Waals surface area contributed by atoms with Crippen molar-refractivity contribution in [3.8, 4) is 0 Å². The minimum atomic E-state index is -0.0575. The van der Waals surface area contributed by atoms with E-state index in [2.05, 4.69) is 10.3 Å². The van der Waals surface area contributed by atoms with Gasteiger partial charge in [0.25, 0.3) is 5.91 Å². The summed E-state index contributed by atoms with van der Waals surface area (Å²) in [5, 5.41) is 3.02. The molecule has 4 nitrogen and oxygen atoms in total. The van der Waals surface area contributed by atoms with Gasteiger partial charge in [-0.15, -0.1) is 0 Å². The van der Waals surface area contributed by atoms with Crippen molar-refractivity contribution in [2.45, 2.75) is 44.7 Å². The molecular weight excluding hydrogens is 214 g/mol. The number of pyridine rings is 1. The Labute approximate surface area is 102 Å². The van der Waals surface area contributed by atoms with Crippen LogP contribution in [-0.4, -0.2) is 23.0 Å². The van der Waals surface area contributed by atoms with Gasteiger partial charge in [-0.05, 0) is 31.9 Å². The average molecular weight is 233 g/mol. The molecule has 1 saturated carbocycles. The number of nitrogens with two attached hydrogens (primary N) is 1. The Balaban J connectivity index is 2.04. The van der Waals surface area contributed by atoms with Crippen molar-refractivity contribution >= 4 is 5.91 Å². The molecule has 0 aromatic carbocycles. The van der Waals surface area contributed by atoms with Gasteiger partial charge in [-0.1, -0.05) is 12.8 Å². The highest BCUT2D eigenvalue weighted by atomic mass is 16.1. The van der Waals surface area contributed by atoms with E-state index in [1.807, 2.05) is 6.92 Å². The van der Waals surface area contributed by atoms with Gasteiger partial charge in [-0.2, -0.15) is 0 Å². The van der Waals surface area contributed by atoms with Crippen LogP contribution >= 0.6 is 0 Å². The number of nitrogens with one attached hydrogen (secondary N) is 1. The summed E-state index contributed by atoms with van der Waals surface area (Å²) in [7, 11) is 0. The normalized spacial score (nSPS) is 24.4. The number of hydrogen-bond acceptors (Lipinski definition) is 3. The van der Waals surface area contributed by atoms with Gasteiger partial charge in [0.2, 0.25) is 0 Å². The van der Waals surface area contributed by atoms with Crippen molar-refractivity contribution in [3.63, 3.8) is 0 Å². The summed E-state index contributed by atoms with van der Waals surface area (Å²) in [6.07, 6.45) is 5.98. The first-order chi connectivity index (χ1) is 8.18. The minimum absolute atomic E-state index is 0.0575. The first-order valence-electron chi connectivity index (χ1n) is 6.16. The smallest absolute Gasteiger partial charge is 0.253 e. The number of nitrogens with zero attached hydrogens (tertiary/aromatic N) is 1. The van der Waals surface area contributed by atoms with Crippen molar-refractivity contribution in [2.75, 3.05) is 0 Å². The van der Waals surface area contributed by atoms with Gasteiger partial charge < -0.3 is 11.1 Å². The standard InChI is InChI=1S/C13H19N3O/c1-9-10(5-4-8-15-9)13(17)16-12-7-3-2-6-11(12)14/h4-5,8,11-12H,2-3,6-7,14H2,1H3,(H,16,17)/t11-,12-/m1/s1. The van der Waals surface area contributed by atoms with Gasteiger partial charge in [0.1, 0.15) is 0 Å². The van der Waals surface area contributed by atoms with Crippen LogP contribution in [0.1, 0.15) is 41.7 Å². The molecule has 1 aliphatic carbocycles. The van der Waals surface area contributed by atoms with E-state index >= 15 is 0 Å². The minimum Gasteiger partial charge on any atom is -0.348 e. The summed E-state index contributed by atoms with van der Waals surface area (Å²) in [5.41, 5.74) is 7.42. The Morgan fingerprint density at radius 3 is 2.94 bits per heavy atom. The Bertz CT molecular complexity index is 405. The Hall–Kier alpha value is -1.42. The van der Waals surface area contributed by atoms with Crippen LogP contribution in [0.3, 0.4) is 0 Å². The number of hydrogen-bond donors (Lipinski definition) is 2. The molecular formula is C13H19N3O. The molecule has 1 fully saturated rings. The van der Waals surface area contributed by atoms with Crippen molar-refractivity contribution in [1.82, 2.24) is 10.3 Å². The highest BCUT2D eigenvalue weighted by Gasteiger charge is 2.24. The van der Waals surface area contributed by atoms with Gasteiger partial charge in [-0.3, -0.25) is 9.78 Å². The summed E-state index contributed by atoms with van der Waals surface area (Å²) in [4.78, 5) is 16.2. The zero-order valence-corrected chi connectivity index (χ0v) is 10.1. The summed E-state index contributed by atoms with van der Waals surface area (Å²) in [6.45, 7) is 1.84. The van der Waals surface area contributed by atoms with Crippen LogP contribution in [0.4, 0.5) is 0 Å². The third-order valence-electron chi connectivity index (χ3n) is 3.39. The SMILES string of the molecule is Cc1ncccc1C(=O)N[C@@H]1CCCC[C@H]1N. The third-order valence-corrected chi connectivity index (χ3v) is 3.39. The second kappa shape index (κ2) is 5.27. The van der Waals surface area contributed by atoms with Crippen LogP contribution in [0.15, 0.2) is 18.3 Å². The molecule has 92 valence electrons. The van der Waals surface area contributed by atoms with Crippen molar-refractivity contribution in [3.05, 3.63) is 29.6 Å². The van der Waals surface area contributed by atoms with E-state index in [1.54, 1.807) is 18.3 Å². The van der Waals surface area contributed by atoms with E-state index in [-0.39, 0.29) is 18.0 Å². The highest BCUT2D eigenvalue weighted by molar-refractivity contribution is 5.95. The maximum absolute atomic E-state index is 12.1. The summed E-state index contributed by atoms with van der Waals surface area (Å²) in [6, 6.07) is 3.77. The van der Waals surface area contributed by atoms with Gasteiger partial charge in [0, 0.05) is 24.0 Å². The molecule has 4 heteroatoms. The first-order valence-corrected chi connectivity index (χ1v) is 6.16. The lowest BCUT2D eigenvalue weighted by Crippen LogP contribution is -2.49. The van der Waals surface area contributed by atoms with E-state index in [4.69, 9.17) is 5.73 Å². The number of carbonyl (C=O) groups excluding carboxylic acids is 1. The van der Waals surface area contributed by atoms with E-state index in [9.17, 15) is 4.79 Å². The fourth-order valence-corrected chi connectivity index (χ4v) is 2.31. The van der Waals surface area contributed by atoms with E-state index in [0.717, 1.165) is 25.0 Å². The van der Waals surface area contributed by atoms with Crippen LogP contribution in [-0.2, 0) is 0 Å². The Kier molecular flexibility index (Phi) is 3.74. The third kappa shape index (κ3) is 2.82. The number of aryl methyl sites for hydroxylation is 1. The zero-order chi connectivity index (χ0) is 12.3. The van der Waals surface area contributed by atoms with Crippen LogP contribution in [0, 0.1) is 6.92 Å². The molecule has 1 heterocycles. The molecule has 1 amide bonds. The van der Waals surface area contributed by atoms with Gasteiger partial charge >= 0.3 is 0 Å². The van der Waals surface area contributed by atoms with Gasteiger partial charge in [0.15, 0.2) is 0 Å². The summed E-state index contributed by atoms with van der Waals surface area (Å²) >= 11 is 0. The van der Waals surface area contributed by atoms with Crippen molar-refractivity contribution in [2.24, 2.45) is 5.73 Å². The molecule has 0 saturated heterocycles. The van der Waals surface area contributed by atoms with Crippen molar-refractivity contribution in [1.29, 1.82) is 0 Å². The topological polar surface area (TPSA) is 68.0 Å². The first kappa shape index (κ1) is 12.0. The molecule has 2 atom stereocenters. The largest absolute Gasteiger partial charge is 0.348 e. The predicted octanol–water partition coefficient (Wildman–Crippen LogP) is 1.39. The number of aromatic nitrogens is 1. The van der Waals surface area contributed by atoms with Crippen LogP contribution in [0.2, 0.25) is 0 Å². The number of rotatable bonds is 2. The second-order valence-corrected chi connectivity index (χ2v) is 4.66. The fraction of sp³-hybridized carbons (Fsp3) is 0.538. The monoisotopic (exact) mass is 233 g/mol. The Morgan fingerprint density at radius 1 is 1.47 bits per heavy atom. The lowest BCUT2D eigenvalue weighted by atomic mass is 9.91. The molecule has 0 bridgehead atoms. The fourth-order valence-electron chi connectivity index (χ4n) is 2.31. The zero-order valence-electron chi connectivity index (χ0n) is 10.1. The molecule has 1 aliphatic rings. The van der Waals surface area contributed by atoms with E-state index in [0.29, 0.717) is 5.56 Å². The maximum atomic E-state index is 12.1. The van der Waals surface area contributed by atoms with Crippen LogP contribution in [0.5, 0.6) is 0 Å². The van der Waals surface area contributed by atoms with Crippen molar-refractivity contribution < 1.29 is 4.79 Å². The molecule has 1 aromatic rings. The second-order valence-electron chi connectivity index (χ2n) is 4.66. The molecule has 0 radical (unpaired) electrons. The molecule has 0 spiro atoms. The average Bonchev–Trinajstić information content (AvgIpc) is 2.32. The highest BCUT2D eigenvalue weighted by Crippen LogP contribution is 2.17. The maximum Gasteiger partial charge on any atom is 0.253 e. The van der Waals surface area contributed by atoms with Crippen LogP contribution in [0.25, 0.3) is 0 Å². The molecule has 1 aromatic heterocycles. The van der Waals surface area contributed by atoms with Gasteiger partial charge in [0.05, 0.1) is 5.56 Å². The molecule has 0 aliphatic heterocycles. The quantitative estimate of drug-likeness (QED) is 0.811.